The van der Waals surface area contributed by atoms with Gasteiger partial charge in [-0.15, -0.1) is 0 Å². The highest BCUT2D eigenvalue weighted by molar-refractivity contribution is 5.19. The average Bonchev–Trinajstić information content (AvgIpc) is 3.12. The molecule has 0 fully saturated rings. The Morgan fingerprint density at radius 2 is 1.64 bits per heavy atom. The molecule has 0 amide bonds. The number of nitrogens with one attached hydrogen (secondary N) is 1. The topological polar surface area (TPSA) is 51.0 Å². The van der Waals surface area contributed by atoms with E-state index in [-0.39, 0.29) is 6.04 Å². The Labute approximate surface area is 149 Å². The number of aromatic nitrogens is 2. The highest BCUT2D eigenvalue weighted by atomic mass is 16.5. The van der Waals surface area contributed by atoms with Gasteiger partial charge < -0.3 is 9.84 Å². The van der Waals surface area contributed by atoms with Gasteiger partial charge in [0, 0.05) is 6.42 Å². The largest absolute Gasteiger partial charge is 0.338 e. The van der Waals surface area contributed by atoms with Crippen LogP contribution < -0.4 is 5.32 Å². The van der Waals surface area contributed by atoms with Crippen molar-refractivity contribution in [2.45, 2.75) is 38.6 Å². The molecule has 0 saturated carbocycles. The molecule has 1 aromatic heterocycles. The first-order chi connectivity index (χ1) is 12.2. The van der Waals surface area contributed by atoms with E-state index in [2.05, 4.69) is 71.8 Å². The summed E-state index contributed by atoms with van der Waals surface area (Å²) in [5.41, 5.74) is 2.56. The van der Waals surface area contributed by atoms with E-state index in [0.29, 0.717) is 18.2 Å². The average molecular weight is 335 g/mol. The summed E-state index contributed by atoms with van der Waals surface area (Å²) >= 11 is 0. The Balaban J connectivity index is 1.48. The molecule has 0 saturated heterocycles. The maximum atomic E-state index is 5.42. The van der Waals surface area contributed by atoms with Gasteiger partial charge in [0.1, 0.15) is 0 Å². The fourth-order valence-corrected chi connectivity index (χ4v) is 2.85. The SMILES string of the molecule is CC(CCNC(C)c1nc(Cc2ccccc2)no1)c1ccccc1. The molecular formula is C21H25N3O. The van der Waals surface area contributed by atoms with Gasteiger partial charge in [-0.1, -0.05) is 72.7 Å². The molecular weight excluding hydrogens is 310 g/mol. The van der Waals surface area contributed by atoms with Crippen molar-refractivity contribution < 1.29 is 4.52 Å². The van der Waals surface area contributed by atoms with Crippen LogP contribution in [-0.4, -0.2) is 16.7 Å². The van der Waals surface area contributed by atoms with E-state index >= 15 is 0 Å². The summed E-state index contributed by atoms with van der Waals surface area (Å²) in [6, 6.07) is 20.9. The zero-order valence-corrected chi connectivity index (χ0v) is 14.9. The van der Waals surface area contributed by atoms with Crippen LogP contribution in [0.4, 0.5) is 0 Å². The van der Waals surface area contributed by atoms with Gasteiger partial charge in [0.25, 0.3) is 0 Å². The van der Waals surface area contributed by atoms with Crippen LogP contribution in [0.1, 0.15) is 55.1 Å². The van der Waals surface area contributed by atoms with Crippen molar-refractivity contribution in [2.24, 2.45) is 0 Å². The number of hydrogen-bond donors (Lipinski definition) is 1. The standard InChI is InChI=1S/C21H25N3O/c1-16(19-11-7-4-8-12-19)13-14-22-17(2)21-23-20(24-25-21)15-18-9-5-3-6-10-18/h3-12,16-17,22H,13-15H2,1-2H3. The van der Waals surface area contributed by atoms with Crippen molar-refractivity contribution in [3.8, 4) is 0 Å². The van der Waals surface area contributed by atoms with Gasteiger partial charge >= 0.3 is 0 Å². The minimum atomic E-state index is 0.0556. The van der Waals surface area contributed by atoms with Crippen molar-refractivity contribution in [1.29, 1.82) is 0 Å². The van der Waals surface area contributed by atoms with E-state index in [1.165, 1.54) is 11.1 Å². The predicted molar refractivity (Wildman–Crippen MR) is 99.4 cm³/mol. The van der Waals surface area contributed by atoms with Gasteiger partial charge in [-0.2, -0.15) is 4.98 Å². The third-order valence-electron chi connectivity index (χ3n) is 4.46. The lowest BCUT2D eigenvalue weighted by Gasteiger charge is -2.14. The Morgan fingerprint density at radius 1 is 0.960 bits per heavy atom. The molecule has 25 heavy (non-hydrogen) atoms. The molecule has 4 nitrogen and oxygen atoms in total. The summed E-state index contributed by atoms with van der Waals surface area (Å²) in [5, 5.41) is 7.58. The monoisotopic (exact) mass is 335 g/mol. The van der Waals surface area contributed by atoms with Crippen molar-refractivity contribution >= 4 is 0 Å². The summed E-state index contributed by atoms with van der Waals surface area (Å²) in [5.74, 6) is 1.91. The fraction of sp³-hybridized carbons (Fsp3) is 0.333. The van der Waals surface area contributed by atoms with E-state index in [9.17, 15) is 0 Å². The van der Waals surface area contributed by atoms with E-state index in [1.807, 2.05) is 18.2 Å². The lowest BCUT2D eigenvalue weighted by atomic mass is 9.98. The molecule has 2 unspecified atom stereocenters. The number of rotatable bonds is 8. The molecule has 2 aromatic carbocycles. The Bertz CT molecular complexity index is 755. The van der Waals surface area contributed by atoms with Crippen LogP contribution in [0.25, 0.3) is 0 Å². The second-order valence-corrected chi connectivity index (χ2v) is 6.49. The minimum absolute atomic E-state index is 0.0556. The van der Waals surface area contributed by atoms with Crippen molar-refractivity contribution in [3.63, 3.8) is 0 Å². The summed E-state index contributed by atoms with van der Waals surface area (Å²) in [7, 11) is 0. The Morgan fingerprint density at radius 3 is 2.36 bits per heavy atom. The first-order valence-corrected chi connectivity index (χ1v) is 8.87. The normalized spacial score (nSPS) is 13.5. The quantitative estimate of drug-likeness (QED) is 0.658. The molecule has 1 N–H and O–H groups in total. The lowest BCUT2D eigenvalue weighted by Crippen LogP contribution is -2.21. The zero-order chi connectivity index (χ0) is 17.5. The zero-order valence-electron chi connectivity index (χ0n) is 14.9. The molecule has 130 valence electrons. The molecule has 1 heterocycles. The van der Waals surface area contributed by atoms with Crippen LogP contribution in [0, 0.1) is 0 Å². The summed E-state index contributed by atoms with van der Waals surface area (Å²) in [4.78, 5) is 4.52. The summed E-state index contributed by atoms with van der Waals surface area (Å²) < 4.78 is 5.42. The number of hydrogen-bond acceptors (Lipinski definition) is 4. The minimum Gasteiger partial charge on any atom is -0.338 e. The second kappa shape index (κ2) is 8.58. The molecule has 0 radical (unpaired) electrons. The van der Waals surface area contributed by atoms with E-state index in [1.54, 1.807) is 0 Å². The Kier molecular flexibility index (Phi) is 5.96. The van der Waals surface area contributed by atoms with E-state index < -0.39 is 0 Å². The van der Waals surface area contributed by atoms with Gasteiger partial charge in [0.2, 0.25) is 5.89 Å². The van der Waals surface area contributed by atoms with Crippen LogP contribution in [-0.2, 0) is 6.42 Å². The van der Waals surface area contributed by atoms with Crippen LogP contribution in [0.5, 0.6) is 0 Å². The molecule has 0 aliphatic heterocycles. The third-order valence-corrected chi connectivity index (χ3v) is 4.46. The third kappa shape index (κ3) is 5.00. The molecule has 3 aromatic rings. The maximum Gasteiger partial charge on any atom is 0.243 e. The van der Waals surface area contributed by atoms with Gasteiger partial charge in [-0.25, -0.2) is 0 Å². The van der Waals surface area contributed by atoms with Crippen LogP contribution in [0.3, 0.4) is 0 Å². The predicted octanol–water partition coefficient (Wildman–Crippen LogP) is 4.50. The van der Waals surface area contributed by atoms with Gasteiger partial charge in [0.15, 0.2) is 5.82 Å². The van der Waals surface area contributed by atoms with E-state index in [4.69, 9.17) is 4.52 Å². The molecule has 3 rings (SSSR count). The van der Waals surface area contributed by atoms with Gasteiger partial charge in [-0.3, -0.25) is 0 Å². The van der Waals surface area contributed by atoms with Crippen molar-refractivity contribution in [2.75, 3.05) is 6.54 Å². The first-order valence-electron chi connectivity index (χ1n) is 8.87. The van der Waals surface area contributed by atoms with E-state index in [0.717, 1.165) is 18.8 Å². The molecule has 0 spiro atoms. The highest BCUT2D eigenvalue weighted by Gasteiger charge is 2.14. The van der Waals surface area contributed by atoms with Crippen LogP contribution >= 0.6 is 0 Å². The number of nitrogens with zero attached hydrogens (tertiary/aromatic N) is 2. The molecule has 2 atom stereocenters. The lowest BCUT2D eigenvalue weighted by molar-refractivity contribution is 0.335. The number of benzene rings is 2. The highest BCUT2D eigenvalue weighted by Crippen LogP contribution is 2.18. The first kappa shape index (κ1) is 17.4. The molecule has 0 bridgehead atoms. The summed E-state index contributed by atoms with van der Waals surface area (Å²) in [6.45, 7) is 5.23. The summed E-state index contributed by atoms with van der Waals surface area (Å²) in [6.07, 6.45) is 1.77. The van der Waals surface area contributed by atoms with Crippen LogP contribution in [0.15, 0.2) is 65.2 Å². The van der Waals surface area contributed by atoms with Crippen molar-refractivity contribution in [1.82, 2.24) is 15.5 Å². The second-order valence-electron chi connectivity index (χ2n) is 6.49. The molecule has 0 aliphatic carbocycles. The van der Waals surface area contributed by atoms with Crippen molar-refractivity contribution in [3.05, 3.63) is 83.5 Å². The van der Waals surface area contributed by atoms with Gasteiger partial charge in [0.05, 0.1) is 6.04 Å². The smallest absolute Gasteiger partial charge is 0.243 e. The molecule has 0 aliphatic rings. The Hall–Kier alpha value is -2.46. The molecule has 4 heteroatoms. The van der Waals surface area contributed by atoms with Gasteiger partial charge in [-0.05, 0) is 36.9 Å². The van der Waals surface area contributed by atoms with Crippen LogP contribution in [0.2, 0.25) is 0 Å². The maximum absolute atomic E-state index is 5.42. The fourth-order valence-electron chi connectivity index (χ4n) is 2.85.